The van der Waals surface area contributed by atoms with Crippen LogP contribution < -0.4 is 10.6 Å². The molecule has 1 aliphatic heterocycles. The predicted octanol–water partition coefficient (Wildman–Crippen LogP) is 1.68. The van der Waals surface area contributed by atoms with Crippen LogP contribution in [0.1, 0.15) is 22.3 Å². The van der Waals surface area contributed by atoms with Crippen LogP contribution in [0.25, 0.3) is 0 Å². The molecule has 6 nitrogen and oxygen atoms in total. The number of anilines is 1. The fraction of sp³-hybridized carbons (Fsp3) is 0.357. The first-order chi connectivity index (χ1) is 10.3. The van der Waals surface area contributed by atoms with Gasteiger partial charge in [0.2, 0.25) is 0 Å². The molecule has 110 valence electrons. The maximum absolute atomic E-state index is 12.3. The molecule has 0 spiro atoms. The monoisotopic (exact) mass is 303 g/mol. The lowest BCUT2D eigenvalue weighted by atomic mass is 9.99. The number of carbonyl (C=O) groups is 1. The molecule has 0 aliphatic carbocycles. The second-order valence-corrected chi connectivity index (χ2v) is 5.90. The lowest BCUT2D eigenvalue weighted by Crippen LogP contribution is -2.27. The molecule has 1 aliphatic rings. The maximum Gasteiger partial charge on any atom is 0.253 e. The number of carbonyl (C=O) groups excluding carboxylic acids is 1. The lowest BCUT2D eigenvalue weighted by molar-refractivity contribution is 0.0957. The van der Waals surface area contributed by atoms with E-state index < -0.39 is 0 Å². The Balaban J connectivity index is 1.56. The van der Waals surface area contributed by atoms with Crippen LogP contribution in [-0.4, -0.2) is 40.2 Å². The van der Waals surface area contributed by atoms with E-state index in [1.165, 1.54) is 5.56 Å². The maximum atomic E-state index is 12.3. The molecule has 0 saturated carbocycles. The number of benzene rings is 1. The number of aromatic amines is 1. The summed E-state index contributed by atoms with van der Waals surface area (Å²) in [5.41, 5.74) is 2.95. The topological polar surface area (TPSA) is 82.7 Å². The minimum Gasteiger partial charge on any atom is -0.384 e. The van der Waals surface area contributed by atoms with Crippen LogP contribution in [0.3, 0.4) is 0 Å². The largest absolute Gasteiger partial charge is 0.384 e. The van der Waals surface area contributed by atoms with Crippen LogP contribution in [0.5, 0.6) is 0 Å². The summed E-state index contributed by atoms with van der Waals surface area (Å²) in [6, 6.07) is 5.90. The van der Waals surface area contributed by atoms with E-state index in [0.717, 1.165) is 41.4 Å². The molecule has 1 aromatic heterocycles. The SMILES string of the molecule is O=C(NCCSc1cn[nH]n1)c1cccc2c1NCCC2. The lowest BCUT2D eigenvalue weighted by Gasteiger charge is -2.20. The molecule has 1 amide bonds. The van der Waals surface area contributed by atoms with Gasteiger partial charge in [-0.25, -0.2) is 0 Å². The third-order valence-corrected chi connectivity index (χ3v) is 4.25. The van der Waals surface area contributed by atoms with Crippen molar-refractivity contribution in [3.63, 3.8) is 0 Å². The van der Waals surface area contributed by atoms with Crippen molar-refractivity contribution in [3.05, 3.63) is 35.5 Å². The fourth-order valence-electron chi connectivity index (χ4n) is 2.37. The summed E-state index contributed by atoms with van der Waals surface area (Å²) >= 11 is 1.56. The molecule has 0 atom stereocenters. The smallest absolute Gasteiger partial charge is 0.253 e. The van der Waals surface area contributed by atoms with Gasteiger partial charge in [-0.2, -0.15) is 10.3 Å². The van der Waals surface area contributed by atoms with E-state index in [4.69, 9.17) is 0 Å². The summed E-state index contributed by atoms with van der Waals surface area (Å²) in [6.07, 6.45) is 3.82. The number of aromatic nitrogens is 3. The summed E-state index contributed by atoms with van der Waals surface area (Å²) in [5.74, 6) is 0.739. The summed E-state index contributed by atoms with van der Waals surface area (Å²) in [5, 5.41) is 17.4. The highest BCUT2D eigenvalue weighted by Crippen LogP contribution is 2.25. The molecule has 21 heavy (non-hydrogen) atoms. The number of rotatable bonds is 5. The molecular weight excluding hydrogens is 286 g/mol. The van der Waals surface area contributed by atoms with Crippen molar-refractivity contribution in [1.29, 1.82) is 0 Å². The highest BCUT2D eigenvalue weighted by atomic mass is 32.2. The molecule has 0 fully saturated rings. The Hall–Kier alpha value is -2.02. The Morgan fingerprint density at radius 3 is 3.24 bits per heavy atom. The second-order valence-electron chi connectivity index (χ2n) is 4.78. The molecule has 2 heterocycles. The molecule has 1 aromatic carbocycles. The Labute approximate surface area is 127 Å². The zero-order valence-corrected chi connectivity index (χ0v) is 12.4. The van der Waals surface area contributed by atoms with Crippen LogP contribution in [0.2, 0.25) is 0 Å². The third kappa shape index (κ3) is 3.36. The summed E-state index contributed by atoms with van der Waals surface area (Å²) < 4.78 is 0. The quantitative estimate of drug-likeness (QED) is 0.578. The van der Waals surface area contributed by atoms with Crippen LogP contribution in [0.15, 0.2) is 29.4 Å². The Bertz CT molecular complexity index is 614. The Morgan fingerprint density at radius 2 is 2.38 bits per heavy atom. The standard InChI is InChI=1S/C14H17N5OS/c20-14(16-7-8-21-12-9-17-19-18-12)11-5-1-3-10-4-2-6-15-13(10)11/h1,3,5,9,15H,2,4,6-8H2,(H,16,20)(H,17,18,19). The van der Waals surface area contributed by atoms with Gasteiger partial charge in [-0.3, -0.25) is 4.79 Å². The predicted molar refractivity (Wildman–Crippen MR) is 82.7 cm³/mol. The number of amides is 1. The van der Waals surface area contributed by atoms with Crippen LogP contribution in [0, 0.1) is 0 Å². The number of hydrogen-bond acceptors (Lipinski definition) is 5. The van der Waals surface area contributed by atoms with Crippen molar-refractivity contribution in [3.8, 4) is 0 Å². The van der Waals surface area contributed by atoms with Gasteiger partial charge >= 0.3 is 0 Å². The Kier molecular flexibility index (Phi) is 4.40. The number of aryl methyl sites for hydroxylation is 1. The first-order valence-electron chi connectivity index (χ1n) is 6.97. The van der Waals surface area contributed by atoms with Gasteiger partial charge in [0.05, 0.1) is 17.4 Å². The van der Waals surface area contributed by atoms with Gasteiger partial charge in [0.15, 0.2) is 0 Å². The van der Waals surface area contributed by atoms with Gasteiger partial charge in [0.1, 0.15) is 5.03 Å². The van der Waals surface area contributed by atoms with Gasteiger partial charge in [-0.15, -0.1) is 16.9 Å². The number of fused-ring (bicyclic) bond motifs is 1. The number of para-hydroxylation sites is 1. The van der Waals surface area contributed by atoms with Crippen molar-refractivity contribution in [1.82, 2.24) is 20.7 Å². The number of nitrogens with zero attached hydrogens (tertiary/aromatic N) is 2. The first-order valence-corrected chi connectivity index (χ1v) is 7.95. The molecule has 3 N–H and O–H groups in total. The number of thioether (sulfide) groups is 1. The average molecular weight is 303 g/mol. The number of hydrogen-bond donors (Lipinski definition) is 3. The van der Waals surface area contributed by atoms with Gasteiger partial charge in [-0.05, 0) is 24.5 Å². The minimum atomic E-state index is -0.0259. The first kappa shape index (κ1) is 13.9. The molecule has 0 unspecified atom stereocenters. The van der Waals surface area contributed by atoms with Gasteiger partial charge < -0.3 is 10.6 Å². The minimum absolute atomic E-state index is 0.0259. The second kappa shape index (κ2) is 6.62. The highest BCUT2D eigenvalue weighted by Gasteiger charge is 2.16. The van der Waals surface area contributed by atoms with E-state index in [2.05, 4.69) is 32.1 Å². The summed E-state index contributed by atoms with van der Waals surface area (Å²) in [4.78, 5) is 12.3. The molecule has 2 aromatic rings. The molecular formula is C14H17N5OS. The van der Waals surface area contributed by atoms with Gasteiger partial charge in [0, 0.05) is 18.8 Å². The molecule has 0 saturated heterocycles. The zero-order valence-electron chi connectivity index (χ0n) is 11.6. The van der Waals surface area contributed by atoms with Crippen LogP contribution >= 0.6 is 11.8 Å². The number of nitrogens with one attached hydrogen (secondary N) is 3. The normalized spacial score (nSPS) is 13.3. The van der Waals surface area contributed by atoms with Gasteiger partial charge in [0.25, 0.3) is 5.91 Å². The molecule has 0 radical (unpaired) electrons. The average Bonchev–Trinajstić information content (AvgIpc) is 3.04. The Morgan fingerprint density at radius 1 is 1.43 bits per heavy atom. The summed E-state index contributed by atoms with van der Waals surface area (Å²) in [7, 11) is 0. The van der Waals surface area contributed by atoms with Crippen molar-refractivity contribution < 1.29 is 4.79 Å². The van der Waals surface area contributed by atoms with Gasteiger partial charge in [-0.1, -0.05) is 12.1 Å². The fourth-order valence-corrected chi connectivity index (χ4v) is 3.02. The van der Waals surface area contributed by atoms with E-state index in [1.54, 1.807) is 18.0 Å². The van der Waals surface area contributed by atoms with Crippen LogP contribution in [0.4, 0.5) is 5.69 Å². The molecule has 7 heteroatoms. The van der Waals surface area contributed by atoms with E-state index in [0.29, 0.717) is 6.54 Å². The zero-order chi connectivity index (χ0) is 14.5. The third-order valence-electron chi connectivity index (χ3n) is 3.35. The van der Waals surface area contributed by atoms with E-state index in [1.807, 2.05) is 12.1 Å². The van der Waals surface area contributed by atoms with Crippen molar-refractivity contribution in [2.24, 2.45) is 0 Å². The highest BCUT2D eigenvalue weighted by molar-refractivity contribution is 7.99. The van der Waals surface area contributed by atoms with E-state index >= 15 is 0 Å². The molecule has 0 bridgehead atoms. The van der Waals surface area contributed by atoms with E-state index in [-0.39, 0.29) is 5.91 Å². The van der Waals surface area contributed by atoms with Crippen molar-refractivity contribution in [2.75, 3.05) is 24.2 Å². The number of H-pyrrole nitrogens is 1. The van der Waals surface area contributed by atoms with Crippen molar-refractivity contribution >= 4 is 23.4 Å². The van der Waals surface area contributed by atoms with Crippen LogP contribution in [-0.2, 0) is 6.42 Å². The summed E-state index contributed by atoms with van der Waals surface area (Å²) in [6.45, 7) is 1.53. The van der Waals surface area contributed by atoms with E-state index in [9.17, 15) is 4.79 Å². The molecule has 3 rings (SSSR count). The van der Waals surface area contributed by atoms with Crippen molar-refractivity contribution in [2.45, 2.75) is 17.9 Å².